The summed E-state index contributed by atoms with van der Waals surface area (Å²) in [5.74, 6) is 2.09. The molecule has 0 bridgehead atoms. The molecule has 3 heterocycles. The van der Waals surface area contributed by atoms with Gasteiger partial charge in [0.25, 0.3) is 5.89 Å². The predicted molar refractivity (Wildman–Crippen MR) is 84.2 cm³/mol. The van der Waals surface area contributed by atoms with E-state index in [1.165, 1.54) is 6.54 Å². The molecule has 1 fully saturated rings. The number of thiophene rings is 1. The van der Waals surface area contributed by atoms with E-state index in [9.17, 15) is 0 Å². The van der Waals surface area contributed by atoms with Gasteiger partial charge < -0.3 is 9.32 Å². The highest BCUT2D eigenvalue weighted by molar-refractivity contribution is 7.13. The lowest BCUT2D eigenvalue weighted by molar-refractivity contribution is 0.110. The molecule has 0 aliphatic carbocycles. The molecule has 0 unspecified atom stereocenters. The molecule has 114 valence electrons. The zero-order valence-corrected chi connectivity index (χ0v) is 13.5. The zero-order chi connectivity index (χ0) is 14.7. The third-order valence-electron chi connectivity index (χ3n) is 3.65. The summed E-state index contributed by atoms with van der Waals surface area (Å²) in [6.07, 6.45) is 0. The van der Waals surface area contributed by atoms with Gasteiger partial charge in [-0.3, -0.25) is 4.90 Å². The second-order valence-corrected chi connectivity index (χ2v) is 6.90. The highest BCUT2D eigenvalue weighted by Crippen LogP contribution is 2.23. The van der Waals surface area contributed by atoms with Crippen molar-refractivity contribution in [2.24, 2.45) is 5.92 Å². The second kappa shape index (κ2) is 6.68. The molecular formula is C15H22N4OS. The lowest BCUT2D eigenvalue weighted by Gasteiger charge is -2.34. The van der Waals surface area contributed by atoms with E-state index in [1.807, 2.05) is 17.5 Å². The first-order valence-corrected chi connectivity index (χ1v) is 8.39. The first-order chi connectivity index (χ1) is 10.2. The van der Waals surface area contributed by atoms with Crippen LogP contribution in [-0.4, -0.2) is 52.7 Å². The molecule has 1 aliphatic heterocycles. The highest BCUT2D eigenvalue weighted by atomic mass is 32.1. The summed E-state index contributed by atoms with van der Waals surface area (Å²) >= 11 is 1.62. The Labute approximate surface area is 129 Å². The van der Waals surface area contributed by atoms with E-state index < -0.39 is 0 Å². The number of hydrogen-bond acceptors (Lipinski definition) is 6. The van der Waals surface area contributed by atoms with Crippen molar-refractivity contribution in [2.75, 3.05) is 32.7 Å². The zero-order valence-electron chi connectivity index (χ0n) is 12.7. The number of nitrogens with zero attached hydrogens (tertiary/aromatic N) is 4. The summed E-state index contributed by atoms with van der Waals surface area (Å²) < 4.78 is 5.76. The fourth-order valence-corrected chi connectivity index (χ4v) is 3.30. The average Bonchev–Trinajstić information content (AvgIpc) is 3.11. The Morgan fingerprint density at radius 2 is 1.95 bits per heavy atom. The van der Waals surface area contributed by atoms with E-state index in [-0.39, 0.29) is 0 Å². The molecular weight excluding hydrogens is 284 g/mol. The van der Waals surface area contributed by atoms with Crippen LogP contribution in [0.3, 0.4) is 0 Å². The van der Waals surface area contributed by atoms with Gasteiger partial charge in [-0.1, -0.05) is 19.9 Å². The van der Waals surface area contributed by atoms with Gasteiger partial charge in [0.05, 0.1) is 11.4 Å². The summed E-state index contributed by atoms with van der Waals surface area (Å²) in [4.78, 5) is 5.96. The summed E-state index contributed by atoms with van der Waals surface area (Å²) in [6, 6.07) is 4.00. The van der Waals surface area contributed by atoms with Crippen molar-refractivity contribution in [3.05, 3.63) is 23.4 Å². The molecule has 0 spiro atoms. The van der Waals surface area contributed by atoms with Gasteiger partial charge >= 0.3 is 0 Å². The highest BCUT2D eigenvalue weighted by Gasteiger charge is 2.19. The van der Waals surface area contributed by atoms with Crippen LogP contribution < -0.4 is 0 Å². The monoisotopic (exact) mass is 306 g/mol. The third kappa shape index (κ3) is 3.90. The Morgan fingerprint density at radius 1 is 1.19 bits per heavy atom. The topological polar surface area (TPSA) is 45.4 Å². The molecule has 5 nitrogen and oxygen atoms in total. The Morgan fingerprint density at radius 3 is 2.62 bits per heavy atom. The maximum Gasteiger partial charge on any atom is 0.257 e. The van der Waals surface area contributed by atoms with Gasteiger partial charge in [-0.15, -0.1) is 21.5 Å². The van der Waals surface area contributed by atoms with Crippen molar-refractivity contribution in [2.45, 2.75) is 20.4 Å². The van der Waals surface area contributed by atoms with Gasteiger partial charge in [0.15, 0.2) is 0 Å². The van der Waals surface area contributed by atoms with Gasteiger partial charge in [0, 0.05) is 32.7 Å². The smallest absolute Gasteiger partial charge is 0.257 e. The first-order valence-electron chi connectivity index (χ1n) is 7.51. The number of hydrogen-bond donors (Lipinski definition) is 0. The van der Waals surface area contributed by atoms with Gasteiger partial charge in [0.1, 0.15) is 0 Å². The predicted octanol–water partition coefficient (Wildman–Crippen LogP) is 2.57. The van der Waals surface area contributed by atoms with Crippen LogP contribution in [0, 0.1) is 5.92 Å². The van der Waals surface area contributed by atoms with Crippen molar-refractivity contribution in [1.82, 2.24) is 20.0 Å². The quantitative estimate of drug-likeness (QED) is 0.849. The third-order valence-corrected chi connectivity index (χ3v) is 4.50. The standard InChI is InChI=1S/C15H22N4OS/c1-12(2)10-18-5-7-19(8-6-18)11-14-16-17-15(20-14)13-4-3-9-21-13/h3-4,9,12H,5-8,10-11H2,1-2H3. The van der Waals surface area contributed by atoms with Crippen LogP contribution in [0.2, 0.25) is 0 Å². The number of aromatic nitrogens is 2. The Balaban J connectivity index is 1.52. The van der Waals surface area contributed by atoms with Crippen LogP contribution in [0.5, 0.6) is 0 Å². The molecule has 0 N–H and O–H groups in total. The Hall–Kier alpha value is -1.24. The van der Waals surface area contributed by atoms with Gasteiger partial charge in [-0.2, -0.15) is 0 Å². The van der Waals surface area contributed by atoms with Crippen LogP contribution in [-0.2, 0) is 6.54 Å². The van der Waals surface area contributed by atoms with Crippen LogP contribution in [0.25, 0.3) is 10.8 Å². The van der Waals surface area contributed by atoms with E-state index in [1.54, 1.807) is 11.3 Å². The van der Waals surface area contributed by atoms with E-state index in [0.717, 1.165) is 49.4 Å². The van der Waals surface area contributed by atoms with Gasteiger partial charge in [-0.25, -0.2) is 0 Å². The van der Waals surface area contributed by atoms with E-state index in [2.05, 4.69) is 33.8 Å². The minimum absolute atomic E-state index is 0.637. The molecule has 1 aliphatic rings. The molecule has 21 heavy (non-hydrogen) atoms. The maximum absolute atomic E-state index is 5.76. The summed E-state index contributed by atoms with van der Waals surface area (Å²) in [5, 5.41) is 10.3. The average molecular weight is 306 g/mol. The van der Waals surface area contributed by atoms with Gasteiger partial charge in [-0.05, 0) is 17.4 Å². The largest absolute Gasteiger partial charge is 0.419 e. The van der Waals surface area contributed by atoms with Crippen molar-refractivity contribution in [1.29, 1.82) is 0 Å². The summed E-state index contributed by atoms with van der Waals surface area (Å²) in [6.45, 7) is 10.9. The number of piperazine rings is 1. The molecule has 2 aromatic rings. The molecule has 0 atom stereocenters. The SMILES string of the molecule is CC(C)CN1CCN(Cc2nnc(-c3cccs3)o2)CC1. The fraction of sp³-hybridized carbons (Fsp3) is 0.600. The molecule has 0 radical (unpaired) electrons. The lowest BCUT2D eigenvalue weighted by atomic mass is 10.2. The minimum Gasteiger partial charge on any atom is -0.419 e. The first kappa shape index (κ1) is 14.7. The molecule has 6 heteroatoms. The van der Waals surface area contributed by atoms with E-state index in [0.29, 0.717) is 5.89 Å². The molecule has 3 rings (SSSR count). The molecule has 0 saturated carbocycles. The van der Waals surface area contributed by atoms with Crippen LogP contribution in [0.1, 0.15) is 19.7 Å². The van der Waals surface area contributed by atoms with Crippen molar-refractivity contribution >= 4 is 11.3 Å². The lowest BCUT2D eigenvalue weighted by Crippen LogP contribution is -2.46. The molecule has 2 aromatic heterocycles. The van der Waals surface area contributed by atoms with Gasteiger partial charge in [0.2, 0.25) is 5.89 Å². The second-order valence-electron chi connectivity index (χ2n) is 5.95. The maximum atomic E-state index is 5.76. The molecule has 0 amide bonds. The van der Waals surface area contributed by atoms with Crippen LogP contribution in [0.4, 0.5) is 0 Å². The minimum atomic E-state index is 0.637. The van der Waals surface area contributed by atoms with Crippen LogP contribution in [0.15, 0.2) is 21.9 Å². The van der Waals surface area contributed by atoms with Crippen molar-refractivity contribution in [3.8, 4) is 10.8 Å². The van der Waals surface area contributed by atoms with E-state index in [4.69, 9.17) is 4.42 Å². The normalized spacial score (nSPS) is 17.7. The summed E-state index contributed by atoms with van der Waals surface area (Å²) in [7, 11) is 0. The molecule has 0 aromatic carbocycles. The Bertz CT molecular complexity index is 544. The fourth-order valence-electron chi connectivity index (χ4n) is 2.65. The number of rotatable bonds is 5. The summed E-state index contributed by atoms with van der Waals surface area (Å²) in [5.41, 5.74) is 0. The Kier molecular flexibility index (Phi) is 4.67. The van der Waals surface area contributed by atoms with Crippen molar-refractivity contribution in [3.63, 3.8) is 0 Å². The molecule has 1 saturated heterocycles. The van der Waals surface area contributed by atoms with Crippen molar-refractivity contribution < 1.29 is 4.42 Å². The van der Waals surface area contributed by atoms with E-state index >= 15 is 0 Å². The van der Waals surface area contributed by atoms with Crippen LogP contribution >= 0.6 is 11.3 Å².